The molecular weight excluding hydrogens is 298 g/mol. The first kappa shape index (κ1) is 10.6. The molecule has 13 heavy (non-hydrogen) atoms. The van der Waals surface area contributed by atoms with Crippen LogP contribution in [0.2, 0.25) is 0 Å². The Morgan fingerprint density at radius 2 is 2.15 bits per heavy atom. The first-order chi connectivity index (χ1) is 6.06. The zero-order chi connectivity index (χ0) is 10.0. The van der Waals surface area contributed by atoms with E-state index >= 15 is 0 Å². The molecule has 1 aromatic rings. The van der Waals surface area contributed by atoms with Crippen molar-refractivity contribution in [3.05, 3.63) is 21.1 Å². The SMILES string of the molecule is COc1nc(C(F)F)cc(I)c1F. The molecule has 1 aromatic heterocycles. The van der Waals surface area contributed by atoms with Crippen molar-refractivity contribution in [2.75, 3.05) is 7.11 Å². The van der Waals surface area contributed by atoms with Gasteiger partial charge in [-0.3, -0.25) is 0 Å². The summed E-state index contributed by atoms with van der Waals surface area (Å²) < 4.78 is 41.9. The third-order valence-corrected chi connectivity index (χ3v) is 2.10. The topological polar surface area (TPSA) is 22.1 Å². The molecule has 72 valence electrons. The molecular formula is C7H5F3INO. The summed E-state index contributed by atoms with van der Waals surface area (Å²) in [6, 6.07) is 0.989. The van der Waals surface area contributed by atoms with Gasteiger partial charge in [0.2, 0.25) is 0 Å². The Kier molecular flexibility index (Phi) is 3.34. The summed E-state index contributed by atoms with van der Waals surface area (Å²) in [5, 5.41) is 0. The van der Waals surface area contributed by atoms with Crippen LogP contribution in [0.15, 0.2) is 6.07 Å². The minimum absolute atomic E-state index is 0.0692. The van der Waals surface area contributed by atoms with E-state index in [4.69, 9.17) is 0 Å². The molecule has 1 rings (SSSR count). The molecule has 1 heterocycles. The van der Waals surface area contributed by atoms with E-state index in [9.17, 15) is 13.2 Å². The number of hydrogen-bond donors (Lipinski definition) is 0. The number of aromatic nitrogens is 1. The van der Waals surface area contributed by atoms with Crippen LogP contribution in [0.1, 0.15) is 12.1 Å². The number of rotatable bonds is 2. The molecule has 0 aromatic carbocycles. The van der Waals surface area contributed by atoms with Gasteiger partial charge in [-0.25, -0.2) is 13.8 Å². The number of methoxy groups -OCH3 is 1. The van der Waals surface area contributed by atoms with Crippen LogP contribution in [0, 0.1) is 9.39 Å². The summed E-state index contributed by atoms with van der Waals surface area (Å²) in [6.07, 6.45) is -2.72. The van der Waals surface area contributed by atoms with Crippen molar-refractivity contribution in [1.29, 1.82) is 0 Å². The Hall–Kier alpha value is -0.530. The molecule has 0 radical (unpaired) electrons. The van der Waals surface area contributed by atoms with Crippen molar-refractivity contribution in [3.8, 4) is 5.88 Å². The van der Waals surface area contributed by atoms with E-state index in [0.717, 1.165) is 6.07 Å². The van der Waals surface area contributed by atoms with E-state index in [1.165, 1.54) is 7.11 Å². The van der Waals surface area contributed by atoms with E-state index < -0.39 is 23.8 Å². The van der Waals surface area contributed by atoms with Crippen molar-refractivity contribution in [3.63, 3.8) is 0 Å². The maximum absolute atomic E-state index is 13.0. The summed E-state index contributed by atoms with van der Waals surface area (Å²) in [5.74, 6) is -1.12. The zero-order valence-corrected chi connectivity index (χ0v) is 8.68. The molecule has 0 N–H and O–H groups in total. The molecule has 0 fully saturated rings. The normalized spacial score (nSPS) is 10.6. The van der Waals surface area contributed by atoms with Crippen molar-refractivity contribution in [2.45, 2.75) is 6.43 Å². The number of hydrogen-bond acceptors (Lipinski definition) is 2. The van der Waals surface area contributed by atoms with Crippen LogP contribution in [-0.4, -0.2) is 12.1 Å². The first-order valence-electron chi connectivity index (χ1n) is 3.24. The fourth-order valence-electron chi connectivity index (χ4n) is 0.741. The lowest BCUT2D eigenvalue weighted by atomic mass is 10.3. The molecule has 0 atom stereocenters. The Labute approximate surface area is 86.3 Å². The highest BCUT2D eigenvalue weighted by Gasteiger charge is 2.16. The monoisotopic (exact) mass is 303 g/mol. The van der Waals surface area contributed by atoms with Gasteiger partial charge in [-0.1, -0.05) is 0 Å². The smallest absolute Gasteiger partial charge is 0.280 e. The molecule has 0 saturated carbocycles. The average molecular weight is 303 g/mol. The van der Waals surface area contributed by atoms with Gasteiger partial charge in [-0.15, -0.1) is 0 Å². The predicted octanol–water partition coefficient (Wildman–Crippen LogP) is 2.77. The summed E-state index contributed by atoms with van der Waals surface area (Å²) in [7, 11) is 1.18. The fourth-order valence-corrected chi connectivity index (χ4v) is 1.29. The highest BCUT2D eigenvalue weighted by Crippen LogP contribution is 2.25. The van der Waals surface area contributed by atoms with E-state index in [2.05, 4.69) is 9.72 Å². The largest absolute Gasteiger partial charge is 0.479 e. The molecule has 0 amide bonds. The third-order valence-electron chi connectivity index (χ3n) is 1.32. The van der Waals surface area contributed by atoms with Gasteiger partial charge in [0.1, 0.15) is 5.69 Å². The average Bonchev–Trinajstić information content (AvgIpc) is 2.09. The molecule has 0 bridgehead atoms. The van der Waals surface area contributed by atoms with Gasteiger partial charge in [0, 0.05) is 0 Å². The maximum Gasteiger partial charge on any atom is 0.280 e. The zero-order valence-electron chi connectivity index (χ0n) is 6.52. The highest BCUT2D eigenvalue weighted by molar-refractivity contribution is 14.1. The lowest BCUT2D eigenvalue weighted by Gasteiger charge is -2.05. The minimum atomic E-state index is -2.72. The standard InChI is InChI=1S/C7H5F3INO/c1-13-7-5(8)3(11)2-4(12-7)6(9)10/h2,6H,1H3. The van der Waals surface area contributed by atoms with Gasteiger partial charge in [-0.2, -0.15) is 4.39 Å². The Balaban J connectivity index is 3.22. The van der Waals surface area contributed by atoms with Gasteiger partial charge in [-0.05, 0) is 28.7 Å². The Bertz CT molecular complexity index is 319. The van der Waals surface area contributed by atoms with E-state index in [0.29, 0.717) is 0 Å². The molecule has 0 saturated heterocycles. The van der Waals surface area contributed by atoms with Crippen molar-refractivity contribution in [2.24, 2.45) is 0 Å². The third kappa shape index (κ3) is 2.23. The molecule has 0 aliphatic carbocycles. The van der Waals surface area contributed by atoms with Crippen molar-refractivity contribution < 1.29 is 17.9 Å². The van der Waals surface area contributed by atoms with Gasteiger partial charge < -0.3 is 4.74 Å². The van der Waals surface area contributed by atoms with Crippen LogP contribution in [0.5, 0.6) is 5.88 Å². The number of halogens is 4. The number of pyridine rings is 1. The molecule has 0 aliphatic rings. The van der Waals surface area contributed by atoms with Crippen LogP contribution in [0.3, 0.4) is 0 Å². The highest BCUT2D eigenvalue weighted by atomic mass is 127. The molecule has 2 nitrogen and oxygen atoms in total. The molecule has 0 aliphatic heterocycles. The lowest BCUT2D eigenvalue weighted by Crippen LogP contribution is -1.99. The second-order valence-corrected chi connectivity index (χ2v) is 3.32. The van der Waals surface area contributed by atoms with Gasteiger partial charge >= 0.3 is 0 Å². The summed E-state index contributed by atoms with van der Waals surface area (Å²) in [5.41, 5.74) is -0.484. The van der Waals surface area contributed by atoms with Gasteiger partial charge in [0.05, 0.1) is 10.7 Å². The summed E-state index contributed by atoms with van der Waals surface area (Å²) in [6.45, 7) is 0. The predicted molar refractivity (Wildman–Crippen MR) is 48.4 cm³/mol. The van der Waals surface area contributed by atoms with Crippen LogP contribution in [-0.2, 0) is 0 Å². The maximum atomic E-state index is 13.0. The van der Waals surface area contributed by atoms with E-state index in [1.54, 1.807) is 22.6 Å². The minimum Gasteiger partial charge on any atom is -0.479 e. The first-order valence-corrected chi connectivity index (χ1v) is 4.32. The van der Waals surface area contributed by atoms with Gasteiger partial charge in [0.25, 0.3) is 12.3 Å². The second kappa shape index (κ2) is 4.12. The van der Waals surface area contributed by atoms with Crippen molar-refractivity contribution in [1.82, 2.24) is 4.98 Å². The van der Waals surface area contributed by atoms with E-state index in [-0.39, 0.29) is 3.57 Å². The summed E-state index contributed by atoms with van der Waals surface area (Å²) in [4.78, 5) is 3.30. The molecule has 0 unspecified atom stereocenters. The van der Waals surface area contributed by atoms with Crippen LogP contribution in [0.25, 0.3) is 0 Å². The van der Waals surface area contributed by atoms with Crippen LogP contribution < -0.4 is 4.74 Å². The van der Waals surface area contributed by atoms with Crippen LogP contribution >= 0.6 is 22.6 Å². The fraction of sp³-hybridized carbons (Fsp3) is 0.286. The second-order valence-electron chi connectivity index (χ2n) is 2.15. The van der Waals surface area contributed by atoms with Crippen LogP contribution in [0.4, 0.5) is 13.2 Å². The Morgan fingerprint density at radius 1 is 1.54 bits per heavy atom. The number of ether oxygens (including phenoxy) is 1. The molecule has 6 heteroatoms. The summed E-state index contributed by atoms with van der Waals surface area (Å²) >= 11 is 1.60. The lowest BCUT2D eigenvalue weighted by molar-refractivity contribution is 0.144. The molecule has 0 spiro atoms. The number of nitrogens with zero attached hydrogens (tertiary/aromatic N) is 1. The quantitative estimate of drug-likeness (QED) is 0.784. The number of alkyl halides is 2. The van der Waals surface area contributed by atoms with Crippen molar-refractivity contribution >= 4 is 22.6 Å². The van der Waals surface area contributed by atoms with E-state index in [1.807, 2.05) is 0 Å². The van der Waals surface area contributed by atoms with Gasteiger partial charge in [0.15, 0.2) is 5.82 Å². The Morgan fingerprint density at radius 3 is 2.62 bits per heavy atom.